The van der Waals surface area contributed by atoms with Crippen molar-refractivity contribution in [3.8, 4) is 11.1 Å². The van der Waals surface area contributed by atoms with Gasteiger partial charge in [-0.1, -0.05) is 17.7 Å². The first-order chi connectivity index (χ1) is 8.49. The Morgan fingerprint density at radius 2 is 1.72 bits per heavy atom. The highest BCUT2D eigenvalue weighted by Gasteiger charge is 2.14. The first kappa shape index (κ1) is 12.5. The molecule has 2 aromatic rings. The summed E-state index contributed by atoms with van der Waals surface area (Å²) in [5, 5.41) is 8.98. The maximum atomic E-state index is 13.6. The molecule has 0 aliphatic carbocycles. The van der Waals surface area contributed by atoms with E-state index in [9.17, 15) is 13.6 Å². The summed E-state index contributed by atoms with van der Waals surface area (Å²) in [6.45, 7) is 0. The lowest BCUT2D eigenvalue weighted by Gasteiger charge is -2.07. The molecule has 2 nitrogen and oxygen atoms in total. The van der Waals surface area contributed by atoms with Crippen LogP contribution in [-0.4, -0.2) is 11.1 Å². The zero-order valence-electron chi connectivity index (χ0n) is 8.95. The average Bonchev–Trinajstić information content (AvgIpc) is 2.28. The van der Waals surface area contributed by atoms with Gasteiger partial charge < -0.3 is 5.11 Å². The van der Waals surface area contributed by atoms with E-state index in [1.165, 1.54) is 24.3 Å². The Bertz CT molecular complexity index is 606. The second kappa shape index (κ2) is 4.74. The minimum atomic E-state index is -1.21. The molecule has 0 aliphatic heterocycles. The van der Waals surface area contributed by atoms with Gasteiger partial charge in [0.05, 0.1) is 11.1 Å². The van der Waals surface area contributed by atoms with Crippen molar-refractivity contribution in [1.82, 2.24) is 0 Å². The van der Waals surface area contributed by atoms with Crippen LogP contribution in [0.2, 0.25) is 5.02 Å². The zero-order chi connectivity index (χ0) is 13.3. The molecule has 5 heteroatoms. The molecule has 18 heavy (non-hydrogen) atoms. The van der Waals surface area contributed by atoms with Crippen LogP contribution in [0.5, 0.6) is 0 Å². The fourth-order valence-electron chi connectivity index (χ4n) is 1.63. The number of carboxylic acids is 1. The number of halogens is 3. The molecule has 0 unspecified atom stereocenters. The highest BCUT2D eigenvalue weighted by molar-refractivity contribution is 6.31. The van der Waals surface area contributed by atoms with Crippen LogP contribution in [0.15, 0.2) is 36.4 Å². The number of hydrogen-bond acceptors (Lipinski definition) is 1. The van der Waals surface area contributed by atoms with Crippen molar-refractivity contribution in [2.75, 3.05) is 0 Å². The monoisotopic (exact) mass is 268 g/mol. The fourth-order valence-corrected chi connectivity index (χ4v) is 1.87. The quantitative estimate of drug-likeness (QED) is 0.894. The van der Waals surface area contributed by atoms with Gasteiger partial charge in [-0.05, 0) is 35.9 Å². The number of aromatic carboxylic acids is 1. The van der Waals surface area contributed by atoms with Gasteiger partial charge in [0.1, 0.15) is 11.6 Å². The predicted octanol–water partition coefficient (Wildman–Crippen LogP) is 3.98. The van der Waals surface area contributed by atoms with Gasteiger partial charge in [-0.25, -0.2) is 13.6 Å². The highest BCUT2D eigenvalue weighted by Crippen LogP contribution is 2.29. The van der Waals surface area contributed by atoms with Crippen LogP contribution >= 0.6 is 11.6 Å². The van der Waals surface area contributed by atoms with Crippen molar-refractivity contribution in [2.45, 2.75) is 0 Å². The molecular formula is C13H7ClF2O2. The maximum absolute atomic E-state index is 13.6. The van der Waals surface area contributed by atoms with E-state index in [1.807, 2.05) is 0 Å². The molecule has 0 spiro atoms. The van der Waals surface area contributed by atoms with Gasteiger partial charge in [-0.15, -0.1) is 0 Å². The molecule has 1 N–H and O–H groups in total. The number of rotatable bonds is 2. The Kier molecular flexibility index (Phi) is 3.30. The molecule has 0 saturated carbocycles. The molecule has 2 rings (SSSR count). The molecule has 0 aromatic heterocycles. The molecule has 0 saturated heterocycles. The summed E-state index contributed by atoms with van der Waals surface area (Å²) in [5.74, 6) is -2.75. The van der Waals surface area contributed by atoms with E-state index in [0.717, 1.165) is 12.1 Å². The largest absolute Gasteiger partial charge is 0.478 e. The maximum Gasteiger partial charge on any atom is 0.335 e. The molecule has 2 aromatic carbocycles. The molecule has 0 fully saturated rings. The highest BCUT2D eigenvalue weighted by atomic mass is 35.5. The van der Waals surface area contributed by atoms with Crippen LogP contribution in [0.3, 0.4) is 0 Å². The van der Waals surface area contributed by atoms with Gasteiger partial charge >= 0.3 is 5.97 Å². The van der Waals surface area contributed by atoms with Crippen LogP contribution in [-0.2, 0) is 0 Å². The Hall–Kier alpha value is -1.94. The van der Waals surface area contributed by atoms with Crippen molar-refractivity contribution in [3.63, 3.8) is 0 Å². The average molecular weight is 269 g/mol. The molecule has 0 heterocycles. The summed E-state index contributed by atoms with van der Waals surface area (Å²) in [7, 11) is 0. The second-order valence-electron chi connectivity index (χ2n) is 3.63. The van der Waals surface area contributed by atoms with E-state index >= 15 is 0 Å². The van der Waals surface area contributed by atoms with Gasteiger partial charge in [0, 0.05) is 5.02 Å². The topological polar surface area (TPSA) is 37.3 Å². The van der Waals surface area contributed by atoms with E-state index in [4.69, 9.17) is 16.7 Å². The Balaban J connectivity index is 2.68. The lowest BCUT2D eigenvalue weighted by molar-refractivity contribution is 0.0697. The lowest BCUT2D eigenvalue weighted by atomic mass is 10.0. The Morgan fingerprint density at radius 1 is 1.11 bits per heavy atom. The van der Waals surface area contributed by atoms with E-state index in [-0.39, 0.29) is 21.7 Å². The summed E-state index contributed by atoms with van der Waals surface area (Å²) < 4.78 is 27.1. The molecule has 0 aliphatic rings. The smallest absolute Gasteiger partial charge is 0.335 e. The first-order valence-corrected chi connectivity index (χ1v) is 5.35. The summed E-state index contributed by atoms with van der Waals surface area (Å²) in [6.07, 6.45) is 0. The van der Waals surface area contributed by atoms with E-state index in [1.54, 1.807) is 0 Å². The summed E-state index contributed by atoms with van der Waals surface area (Å²) in [6, 6.07) is 7.13. The zero-order valence-corrected chi connectivity index (χ0v) is 9.71. The van der Waals surface area contributed by atoms with Gasteiger partial charge in [0.2, 0.25) is 0 Å². The lowest BCUT2D eigenvalue weighted by Crippen LogP contribution is -1.98. The molecule has 92 valence electrons. The SMILES string of the molecule is O=C(O)c1cc(Cl)cc(-c2c(F)cccc2F)c1. The second-order valence-corrected chi connectivity index (χ2v) is 4.07. The molecule has 0 radical (unpaired) electrons. The van der Waals surface area contributed by atoms with Gasteiger partial charge in [-0.2, -0.15) is 0 Å². The predicted molar refractivity (Wildman–Crippen MR) is 63.8 cm³/mol. The van der Waals surface area contributed by atoms with Crippen LogP contribution in [0.4, 0.5) is 8.78 Å². The minimum absolute atomic E-state index is 0.0931. The third-order valence-corrected chi connectivity index (χ3v) is 2.61. The van der Waals surface area contributed by atoms with Crippen LogP contribution in [0, 0.1) is 11.6 Å². The Labute approximate surface area is 106 Å². The number of carbonyl (C=O) groups is 1. The van der Waals surface area contributed by atoms with E-state index in [2.05, 4.69) is 0 Å². The molecule has 0 amide bonds. The minimum Gasteiger partial charge on any atom is -0.478 e. The van der Waals surface area contributed by atoms with Gasteiger partial charge in [0.15, 0.2) is 0 Å². The Morgan fingerprint density at radius 3 is 2.28 bits per heavy atom. The number of carboxylic acid groups (broad SMARTS) is 1. The summed E-state index contributed by atoms with van der Waals surface area (Å²) in [4.78, 5) is 10.9. The number of hydrogen-bond donors (Lipinski definition) is 1. The van der Waals surface area contributed by atoms with Gasteiger partial charge in [-0.3, -0.25) is 0 Å². The number of benzene rings is 2. The van der Waals surface area contributed by atoms with Gasteiger partial charge in [0.25, 0.3) is 0 Å². The van der Waals surface area contributed by atoms with E-state index in [0.29, 0.717) is 0 Å². The van der Waals surface area contributed by atoms with Crippen molar-refractivity contribution in [1.29, 1.82) is 0 Å². The fraction of sp³-hybridized carbons (Fsp3) is 0. The normalized spacial score (nSPS) is 10.4. The third-order valence-electron chi connectivity index (χ3n) is 2.40. The van der Waals surface area contributed by atoms with Crippen molar-refractivity contribution in [3.05, 3.63) is 58.6 Å². The third kappa shape index (κ3) is 2.33. The van der Waals surface area contributed by atoms with Crippen LogP contribution in [0.25, 0.3) is 11.1 Å². The standard InChI is InChI=1S/C13H7ClF2O2/c14-9-5-7(4-8(6-9)13(17)18)12-10(15)2-1-3-11(12)16/h1-6H,(H,17,18). The summed E-state index contributed by atoms with van der Waals surface area (Å²) >= 11 is 5.74. The molecule has 0 bridgehead atoms. The summed E-state index contributed by atoms with van der Waals surface area (Å²) in [5.41, 5.74) is -0.321. The van der Waals surface area contributed by atoms with Crippen molar-refractivity contribution in [2.24, 2.45) is 0 Å². The molecule has 0 atom stereocenters. The van der Waals surface area contributed by atoms with Crippen LogP contribution in [0.1, 0.15) is 10.4 Å². The molecular weight excluding hydrogens is 262 g/mol. The van der Waals surface area contributed by atoms with Crippen LogP contribution < -0.4 is 0 Å². The van der Waals surface area contributed by atoms with Crippen molar-refractivity contribution >= 4 is 17.6 Å². The van der Waals surface area contributed by atoms with Crippen molar-refractivity contribution < 1.29 is 18.7 Å². The first-order valence-electron chi connectivity index (χ1n) is 4.97. The van der Waals surface area contributed by atoms with E-state index < -0.39 is 17.6 Å².